The highest BCUT2D eigenvalue weighted by molar-refractivity contribution is 5.89. The highest BCUT2D eigenvalue weighted by atomic mass is 16.2. The third kappa shape index (κ3) is 3.69. The Morgan fingerprint density at radius 1 is 1.18 bits per heavy atom. The zero-order chi connectivity index (χ0) is 15.2. The van der Waals surface area contributed by atoms with E-state index in [1.807, 2.05) is 0 Å². The number of piperidine rings is 1. The standard InChI is InChI=1S/C15H18N6O/c22-15(19-12-4-8-16-9-5-12)20-13-3-1-10-21(11-13)14-17-6-2-7-18-14/h2,4-9,13H,1,3,10-11H2,(H2,16,19,20,22). The summed E-state index contributed by atoms with van der Waals surface area (Å²) in [5, 5.41) is 5.80. The van der Waals surface area contributed by atoms with E-state index < -0.39 is 0 Å². The second-order valence-electron chi connectivity index (χ2n) is 5.17. The summed E-state index contributed by atoms with van der Waals surface area (Å²) in [6.45, 7) is 1.63. The van der Waals surface area contributed by atoms with Gasteiger partial charge >= 0.3 is 6.03 Å². The fourth-order valence-electron chi connectivity index (χ4n) is 2.52. The van der Waals surface area contributed by atoms with Crippen molar-refractivity contribution >= 4 is 17.7 Å². The zero-order valence-electron chi connectivity index (χ0n) is 12.1. The first-order valence-electron chi connectivity index (χ1n) is 7.31. The van der Waals surface area contributed by atoms with Gasteiger partial charge in [-0.2, -0.15) is 0 Å². The van der Waals surface area contributed by atoms with Gasteiger partial charge in [0.1, 0.15) is 0 Å². The Labute approximate surface area is 128 Å². The van der Waals surface area contributed by atoms with E-state index in [-0.39, 0.29) is 12.1 Å². The number of rotatable bonds is 3. The molecule has 2 aromatic rings. The van der Waals surface area contributed by atoms with Gasteiger partial charge < -0.3 is 15.5 Å². The molecule has 0 bridgehead atoms. The molecule has 3 rings (SSSR count). The van der Waals surface area contributed by atoms with E-state index in [1.54, 1.807) is 43.0 Å². The number of nitrogens with zero attached hydrogens (tertiary/aromatic N) is 4. The number of pyridine rings is 1. The van der Waals surface area contributed by atoms with Crippen molar-refractivity contribution in [1.29, 1.82) is 0 Å². The molecule has 1 unspecified atom stereocenters. The summed E-state index contributed by atoms with van der Waals surface area (Å²) in [7, 11) is 0. The van der Waals surface area contributed by atoms with Crippen LogP contribution in [0.15, 0.2) is 43.0 Å². The Bertz CT molecular complexity index is 606. The molecule has 3 heterocycles. The van der Waals surface area contributed by atoms with Crippen LogP contribution >= 0.6 is 0 Å². The number of carbonyl (C=O) groups is 1. The molecule has 114 valence electrons. The van der Waals surface area contributed by atoms with Crippen molar-refractivity contribution in [3.05, 3.63) is 43.0 Å². The smallest absolute Gasteiger partial charge is 0.319 e. The van der Waals surface area contributed by atoms with Crippen molar-refractivity contribution in [2.24, 2.45) is 0 Å². The van der Waals surface area contributed by atoms with E-state index >= 15 is 0 Å². The molecule has 0 aliphatic carbocycles. The second-order valence-corrected chi connectivity index (χ2v) is 5.17. The lowest BCUT2D eigenvalue weighted by atomic mass is 10.1. The van der Waals surface area contributed by atoms with Gasteiger partial charge in [0.05, 0.1) is 0 Å². The third-order valence-electron chi connectivity index (χ3n) is 3.53. The molecule has 2 aromatic heterocycles. The third-order valence-corrected chi connectivity index (χ3v) is 3.53. The number of hydrogen-bond donors (Lipinski definition) is 2. The molecule has 22 heavy (non-hydrogen) atoms. The largest absolute Gasteiger partial charge is 0.339 e. The van der Waals surface area contributed by atoms with Gasteiger partial charge in [-0.15, -0.1) is 0 Å². The topological polar surface area (TPSA) is 83.0 Å². The highest BCUT2D eigenvalue weighted by Crippen LogP contribution is 2.15. The second kappa shape index (κ2) is 6.84. The number of carbonyl (C=O) groups excluding carboxylic acids is 1. The lowest BCUT2D eigenvalue weighted by molar-refractivity contribution is 0.246. The quantitative estimate of drug-likeness (QED) is 0.900. The van der Waals surface area contributed by atoms with Gasteiger partial charge in [-0.1, -0.05) is 0 Å². The number of nitrogens with one attached hydrogen (secondary N) is 2. The summed E-state index contributed by atoms with van der Waals surface area (Å²) in [5.74, 6) is 0.712. The van der Waals surface area contributed by atoms with E-state index in [2.05, 4.69) is 30.5 Å². The predicted molar refractivity (Wildman–Crippen MR) is 83.7 cm³/mol. The normalized spacial score (nSPS) is 17.8. The Hall–Kier alpha value is -2.70. The van der Waals surface area contributed by atoms with E-state index in [0.29, 0.717) is 12.5 Å². The molecular formula is C15H18N6O. The van der Waals surface area contributed by atoms with Crippen LogP contribution in [0.1, 0.15) is 12.8 Å². The molecule has 1 aliphatic rings. The Kier molecular flexibility index (Phi) is 4.43. The fourth-order valence-corrected chi connectivity index (χ4v) is 2.52. The number of aromatic nitrogens is 3. The minimum absolute atomic E-state index is 0.0828. The van der Waals surface area contributed by atoms with Crippen molar-refractivity contribution in [3.8, 4) is 0 Å². The molecule has 0 radical (unpaired) electrons. The molecule has 0 aromatic carbocycles. The monoisotopic (exact) mass is 298 g/mol. The van der Waals surface area contributed by atoms with E-state index in [1.165, 1.54) is 0 Å². The highest BCUT2D eigenvalue weighted by Gasteiger charge is 2.22. The lowest BCUT2D eigenvalue weighted by Gasteiger charge is -2.33. The summed E-state index contributed by atoms with van der Waals surface area (Å²) >= 11 is 0. The average Bonchev–Trinajstić information content (AvgIpc) is 2.57. The van der Waals surface area contributed by atoms with Crippen molar-refractivity contribution < 1.29 is 4.79 Å². The molecule has 0 saturated carbocycles. The van der Waals surface area contributed by atoms with Gasteiger partial charge in [-0.3, -0.25) is 4.98 Å². The van der Waals surface area contributed by atoms with Crippen molar-refractivity contribution in [1.82, 2.24) is 20.3 Å². The van der Waals surface area contributed by atoms with E-state index in [4.69, 9.17) is 0 Å². The molecule has 0 spiro atoms. The van der Waals surface area contributed by atoms with Crippen LogP contribution in [-0.2, 0) is 0 Å². The molecule has 1 atom stereocenters. The first-order valence-corrected chi connectivity index (χ1v) is 7.31. The molecule has 1 saturated heterocycles. The Morgan fingerprint density at radius 3 is 2.73 bits per heavy atom. The molecule has 7 nitrogen and oxygen atoms in total. The summed E-state index contributed by atoms with van der Waals surface area (Å²) in [4.78, 5) is 26.6. The van der Waals surface area contributed by atoms with Crippen LogP contribution in [0.3, 0.4) is 0 Å². The summed E-state index contributed by atoms with van der Waals surface area (Å²) in [6, 6.07) is 5.19. The first kappa shape index (κ1) is 14.2. The van der Waals surface area contributed by atoms with E-state index in [9.17, 15) is 4.79 Å². The zero-order valence-corrected chi connectivity index (χ0v) is 12.1. The molecule has 1 aliphatic heterocycles. The van der Waals surface area contributed by atoms with Gasteiger partial charge in [0.25, 0.3) is 0 Å². The predicted octanol–water partition coefficient (Wildman–Crippen LogP) is 1.66. The summed E-state index contributed by atoms with van der Waals surface area (Å²) in [6.07, 6.45) is 8.70. The Balaban J connectivity index is 1.55. The van der Waals surface area contributed by atoms with Gasteiger partial charge in [0.15, 0.2) is 0 Å². The van der Waals surface area contributed by atoms with Crippen molar-refractivity contribution in [2.75, 3.05) is 23.3 Å². The van der Waals surface area contributed by atoms with Crippen LogP contribution in [0.4, 0.5) is 16.4 Å². The van der Waals surface area contributed by atoms with Crippen LogP contribution in [0.25, 0.3) is 0 Å². The number of urea groups is 1. The van der Waals surface area contributed by atoms with Crippen LogP contribution in [0.5, 0.6) is 0 Å². The van der Waals surface area contributed by atoms with Crippen LogP contribution in [0, 0.1) is 0 Å². The fraction of sp³-hybridized carbons (Fsp3) is 0.333. The maximum absolute atomic E-state index is 12.0. The first-order chi connectivity index (χ1) is 10.8. The minimum Gasteiger partial charge on any atom is -0.339 e. The van der Waals surface area contributed by atoms with Gasteiger partial charge in [-0.25, -0.2) is 14.8 Å². The van der Waals surface area contributed by atoms with Gasteiger partial charge in [0, 0.05) is 49.6 Å². The van der Waals surface area contributed by atoms with E-state index in [0.717, 1.165) is 25.1 Å². The van der Waals surface area contributed by atoms with Crippen LogP contribution in [0.2, 0.25) is 0 Å². The summed E-state index contributed by atoms with van der Waals surface area (Å²) in [5.41, 5.74) is 0.728. The Morgan fingerprint density at radius 2 is 1.95 bits per heavy atom. The van der Waals surface area contributed by atoms with Crippen molar-refractivity contribution in [3.63, 3.8) is 0 Å². The van der Waals surface area contributed by atoms with Crippen LogP contribution in [-0.4, -0.2) is 40.1 Å². The van der Waals surface area contributed by atoms with Gasteiger partial charge in [-0.05, 0) is 31.0 Å². The van der Waals surface area contributed by atoms with Crippen LogP contribution < -0.4 is 15.5 Å². The average molecular weight is 298 g/mol. The molecule has 7 heteroatoms. The maximum atomic E-state index is 12.0. The molecule has 1 fully saturated rings. The number of anilines is 2. The lowest BCUT2D eigenvalue weighted by Crippen LogP contribution is -2.49. The van der Waals surface area contributed by atoms with Crippen molar-refractivity contribution in [2.45, 2.75) is 18.9 Å². The van der Waals surface area contributed by atoms with Gasteiger partial charge in [0.2, 0.25) is 5.95 Å². The maximum Gasteiger partial charge on any atom is 0.319 e. The molecular weight excluding hydrogens is 280 g/mol. The minimum atomic E-state index is -0.202. The summed E-state index contributed by atoms with van der Waals surface area (Å²) < 4.78 is 0. The number of hydrogen-bond acceptors (Lipinski definition) is 5. The number of amides is 2. The molecule has 2 N–H and O–H groups in total. The SMILES string of the molecule is O=C(Nc1ccncc1)NC1CCCN(c2ncccn2)C1. The molecule has 2 amide bonds.